The van der Waals surface area contributed by atoms with Crippen molar-refractivity contribution in [1.29, 1.82) is 0 Å². The maximum atomic E-state index is 14.3. The summed E-state index contributed by atoms with van der Waals surface area (Å²) < 4.78 is 19.4. The van der Waals surface area contributed by atoms with Gasteiger partial charge in [-0.2, -0.15) is 0 Å². The monoisotopic (exact) mass is 315 g/mol. The maximum Gasteiger partial charge on any atom is 0.148 e. The number of aryl methyl sites for hydroxylation is 1. The summed E-state index contributed by atoms with van der Waals surface area (Å²) in [5.74, 6) is 0.426. The second-order valence-corrected chi connectivity index (χ2v) is 5.29. The minimum atomic E-state index is -0.335. The van der Waals surface area contributed by atoms with Gasteiger partial charge < -0.3 is 15.0 Å². The van der Waals surface area contributed by atoms with E-state index in [1.54, 1.807) is 19.5 Å². The van der Waals surface area contributed by atoms with Crippen LogP contribution >= 0.6 is 0 Å². The first kappa shape index (κ1) is 16.8. The zero-order valence-electron chi connectivity index (χ0n) is 13.9. The molecule has 0 aliphatic rings. The molecule has 1 N–H and O–H groups in total. The van der Waals surface area contributed by atoms with Gasteiger partial charge in [0.2, 0.25) is 0 Å². The first-order chi connectivity index (χ1) is 11.0. The van der Waals surface area contributed by atoms with E-state index < -0.39 is 0 Å². The summed E-state index contributed by atoms with van der Waals surface area (Å²) in [5.41, 5.74) is 2.76. The molecule has 2 aromatic carbocycles. The van der Waals surface area contributed by atoms with E-state index in [0.29, 0.717) is 11.4 Å². The zero-order valence-corrected chi connectivity index (χ0v) is 13.9. The highest BCUT2D eigenvalue weighted by molar-refractivity contribution is 5.68. The summed E-state index contributed by atoms with van der Waals surface area (Å²) in [4.78, 5) is 6.26. The van der Waals surface area contributed by atoms with Crippen LogP contribution in [-0.2, 0) is 0 Å². The number of halogens is 1. The molecule has 2 rings (SSSR count). The molecule has 4 nitrogen and oxygen atoms in total. The summed E-state index contributed by atoms with van der Waals surface area (Å²) in [6.45, 7) is 4.79. The number of aliphatic imine (C=N–C) groups is 1. The number of ether oxygens (including phenoxy) is 1. The minimum absolute atomic E-state index is 0.335. The van der Waals surface area contributed by atoms with Crippen molar-refractivity contribution in [2.75, 3.05) is 26.0 Å². The Balaban J connectivity index is 2.20. The van der Waals surface area contributed by atoms with E-state index >= 15 is 0 Å². The third kappa shape index (κ3) is 4.45. The maximum absolute atomic E-state index is 14.3. The normalized spacial score (nSPS) is 10.8. The fourth-order valence-corrected chi connectivity index (χ4v) is 1.98. The van der Waals surface area contributed by atoms with E-state index in [1.807, 2.05) is 50.1 Å². The fourth-order valence-electron chi connectivity index (χ4n) is 1.98. The highest BCUT2D eigenvalue weighted by Gasteiger charge is 2.07. The second-order valence-electron chi connectivity index (χ2n) is 5.29. The van der Waals surface area contributed by atoms with E-state index in [9.17, 15) is 4.39 Å². The lowest BCUT2D eigenvalue weighted by atomic mass is 10.1. The molecule has 0 heterocycles. The Morgan fingerprint density at radius 3 is 2.57 bits per heavy atom. The van der Waals surface area contributed by atoms with E-state index in [1.165, 1.54) is 6.07 Å². The van der Waals surface area contributed by atoms with Crippen LogP contribution in [0.5, 0.6) is 5.75 Å². The SMILES string of the molecule is CCN(C)/C=N/c1cc(F)c(Nc2ccc(OC)cc2)cc1C. The first-order valence-electron chi connectivity index (χ1n) is 7.49. The third-order valence-corrected chi connectivity index (χ3v) is 3.55. The Morgan fingerprint density at radius 2 is 1.96 bits per heavy atom. The van der Waals surface area contributed by atoms with Gasteiger partial charge >= 0.3 is 0 Å². The molecular formula is C18H22FN3O. The molecule has 5 heteroatoms. The van der Waals surface area contributed by atoms with Crippen LogP contribution in [0.15, 0.2) is 41.4 Å². The van der Waals surface area contributed by atoms with Crippen LogP contribution in [0, 0.1) is 12.7 Å². The Morgan fingerprint density at radius 1 is 1.26 bits per heavy atom. The summed E-state index contributed by atoms with van der Waals surface area (Å²) in [7, 11) is 3.54. The number of methoxy groups -OCH3 is 1. The highest BCUT2D eigenvalue weighted by atomic mass is 19.1. The predicted octanol–water partition coefficient (Wildman–Crippen LogP) is 4.50. The number of hydrogen-bond donors (Lipinski definition) is 1. The Hall–Kier alpha value is -2.56. The lowest BCUT2D eigenvalue weighted by Crippen LogP contribution is -2.14. The molecule has 0 amide bonds. The van der Waals surface area contributed by atoms with Gasteiger partial charge in [0.1, 0.15) is 11.6 Å². The van der Waals surface area contributed by atoms with E-state index in [4.69, 9.17) is 4.74 Å². The lowest BCUT2D eigenvalue weighted by molar-refractivity contribution is 0.415. The first-order valence-corrected chi connectivity index (χ1v) is 7.49. The number of nitrogens with one attached hydrogen (secondary N) is 1. The average molecular weight is 315 g/mol. The Kier molecular flexibility index (Phi) is 5.57. The van der Waals surface area contributed by atoms with Crippen molar-refractivity contribution in [3.8, 4) is 5.75 Å². The van der Waals surface area contributed by atoms with Gasteiger partial charge in [0.05, 0.1) is 24.8 Å². The van der Waals surface area contributed by atoms with Gasteiger partial charge in [-0.3, -0.25) is 0 Å². The van der Waals surface area contributed by atoms with Crippen molar-refractivity contribution >= 4 is 23.4 Å². The molecule has 0 spiro atoms. The van der Waals surface area contributed by atoms with Gasteiger partial charge in [0, 0.05) is 25.3 Å². The van der Waals surface area contributed by atoms with Crippen LogP contribution in [0.3, 0.4) is 0 Å². The molecule has 122 valence electrons. The number of nitrogens with zero attached hydrogens (tertiary/aromatic N) is 2. The molecule has 0 saturated heterocycles. The Labute approximate surface area is 136 Å². The topological polar surface area (TPSA) is 36.9 Å². The molecule has 0 unspecified atom stereocenters. The molecule has 0 saturated carbocycles. The van der Waals surface area contributed by atoms with Crippen molar-refractivity contribution < 1.29 is 9.13 Å². The number of hydrogen-bond acceptors (Lipinski definition) is 3. The quantitative estimate of drug-likeness (QED) is 0.630. The molecule has 0 aliphatic heterocycles. The van der Waals surface area contributed by atoms with Crippen molar-refractivity contribution in [2.24, 2.45) is 4.99 Å². The number of anilines is 2. The number of benzene rings is 2. The van der Waals surface area contributed by atoms with Crippen molar-refractivity contribution in [3.05, 3.63) is 47.8 Å². The van der Waals surface area contributed by atoms with Gasteiger partial charge in [-0.1, -0.05) is 0 Å². The molecule has 0 aliphatic carbocycles. The predicted molar refractivity (Wildman–Crippen MR) is 93.9 cm³/mol. The van der Waals surface area contributed by atoms with E-state index in [0.717, 1.165) is 23.5 Å². The zero-order chi connectivity index (χ0) is 16.8. The molecule has 0 aromatic heterocycles. The number of rotatable bonds is 6. The van der Waals surface area contributed by atoms with Gasteiger partial charge in [-0.05, 0) is 49.7 Å². The van der Waals surface area contributed by atoms with Gasteiger partial charge in [-0.25, -0.2) is 9.38 Å². The van der Waals surface area contributed by atoms with Gasteiger partial charge in [0.15, 0.2) is 0 Å². The molecule has 0 atom stereocenters. The largest absolute Gasteiger partial charge is 0.497 e. The van der Waals surface area contributed by atoms with E-state index in [2.05, 4.69) is 10.3 Å². The molecule has 0 bridgehead atoms. The average Bonchev–Trinajstić information content (AvgIpc) is 2.57. The summed E-state index contributed by atoms with van der Waals surface area (Å²) in [6, 6.07) is 10.5. The van der Waals surface area contributed by atoms with Crippen LogP contribution in [0.2, 0.25) is 0 Å². The molecule has 23 heavy (non-hydrogen) atoms. The van der Waals surface area contributed by atoms with Crippen LogP contribution in [0.25, 0.3) is 0 Å². The molecular weight excluding hydrogens is 293 g/mol. The minimum Gasteiger partial charge on any atom is -0.497 e. The van der Waals surface area contributed by atoms with Crippen LogP contribution in [-0.4, -0.2) is 31.9 Å². The standard InChI is InChI=1S/C18H22FN3O/c1-5-22(3)12-20-17-11-16(19)18(10-13(17)2)21-14-6-8-15(23-4)9-7-14/h6-12,21H,5H2,1-4H3/b20-12+. The highest BCUT2D eigenvalue weighted by Crippen LogP contribution is 2.28. The van der Waals surface area contributed by atoms with Crippen molar-refractivity contribution in [3.63, 3.8) is 0 Å². The smallest absolute Gasteiger partial charge is 0.148 e. The van der Waals surface area contributed by atoms with Crippen molar-refractivity contribution in [2.45, 2.75) is 13.8 Å². The lowest BCUT2D eigenvalue weighted by Gasteiger charge is -2.12. The fraction of sp³-hybridized carbons (Fsp3) is 0.278. The summed E-state index contributed by atoms with van der Waals surface area (Å²) in [6.07, 6.45) is 1.71. The molecule has 2 aromatic rings. The second kappa shape index (κ2) is 7.63. The Bertz CT molecular complexity index is 683. The molecule has 0 fully saturated rings. The van der Waals surface area contributed by atoms with Crippen LogP contribution in [0.4, 0.5) is 21.5 Å². The van der Waals surface area contributed by atoms with Crippen LogP contribution in [0.1, 0.15) is 12.5 Å². The molecule has 0 radical (unpaired) electrons. The van der Waals surface area contributed by atoms with Gasteiger partial charge in [-0.15, -0.1) is 0 Å². The van der Waals surface area contributed by atoms with Crippen LogP contribution < -0.4 is 10.1 Å². The summed E-state index contributed by atoms with van der Waals surface area (Å²) in [5, 5.41) is 3.07. The summed E-state index contributed by atoms with van der Waals surface area (Å²) >= 11 is 0. The third-order valence-electron chi connectivity index (χ3n) is 3.55. The van der Waals surface area contributed by atoms with Gasteiger partial charge in [0.25, 0.3) is 0 Å². The van der Waals surface area contributed by atoms with Crippen molar-refractivity contribution in [1.82, 2.24) is 4.90 Å². The van der Waals surface area contributed by atoms with E-state index in [-0.39, 0.29) is 5.82 Å².